The van der Waals surface area contributed by atoms with Crippen LogP contribution in [0, 0.1) is 17.8 Å². The van der Waals surface area contributed by atoms with Gasteiger partial charge in [0.25, 0.3) is 6.71 Å². The molecule has 6 aliphatic rings. The maximum absolute atomic E-state index is 5.59. The van der Waals surface area contributed by atoms with Gasteiger partial charge in [0.15, 0.2) is 0 Å². The molecule has 0 aromatic heterocycles. The van der Waals surface area contributed by atoms with Gasteiger partial charge in [0.1, 0.15) is 5.75 Å². The fraction of sp³-hybridized carbons (Fsp3) is 0.268. The highest BCUT2D eigenvalue weighted by molar-refractivity contribution is 7.00. The van der Waals surface area contributed by atoms with Crippen LogP contribution >= 0.6 is 0 Å². The van der Waals surface area contributed by atoms with Gasteiger partial charge in [-0.3, -0.25) is 0 Å². The number of ether oxygens (including phenoxy) is 1. The number of hydrogen-bond acceptors (Lipinski definition) is 3. The summed E-state index contributed by atoms with van der Waals surface area (Å²) in [6.07, 6.45) is 8.40. The molecule has 220 valence electrons. The largest absolute Gasteiger partial charge is 0.497 e. The predicted molar refractivity (Wildman–Crippen MR) is 187 cm³/mol. The van der Waals surface area contributed by atoms with Crippen molar-refractivity contribution in [2.24, 2.45) is 17.8 Å². The first-order valence-corrected chi connectivity index (χ1v) is 16.8. The van der Waals surface area contributed by atoms with Crippen molar-refractivity contribution in [3.8, 4) is 5.75 Å². The smallest absolute Gasteiger partial charge is 0.252 e. The fourth-order valence-electron chi connectivity index (χ4n) is 10.5. The monoisotopic (exact) mass is 584 g/mol. The highest BCUT2D eigenvalue weighted by atomic mass is 16.5. The molecular formula is C41H37BN2O. The molecule has 4 heteroatoms. The van der Waals surface area contributed by atoms with Crippen LogP contribution in [0.1, 0.15) is 44.1 Å². The number of methoxy groups -OCH3 is 1. The summed E-state index contributed by atoms with van der Waals surface area (Å²) in [5.74, 6) is 3.55. The number of anilines is 6. The van der Waals surface area contributed by atoms with Crippen molar-refractivity contribution in [2.75, 3.05) is 16.9 Å². The molecule has 5 aromatic rings. The third kappa shape index (κ3) is 3.72. The van der Waals surface area contributed by atoms with Crippen LogP contribution in [-0.2, 0) is 5.41 Å². The second-order valence-electron chi connectivity index (χ2n) is 14.4. The van der Waals surface area contributed by atoms with Crippen LogP contribution in [0.15, 0.2) is 115 Å². The molecule has 2 heterocycles. The van der Waals surface area contributed by atoms with Gasteiger partial charge in [-0.25, -0.2) is 0 Å². The summed E-state index contributed by atoms with van der Waals surface area (Å²) in [6, 6.07) is 43.2. The minimum absolute atomic E-state index is 0.169. The van der Waals surface area contributed by atoms with Crippen molar-refractivity contribution < 1.29 is 4.74 Å². The fourth-order valence-corrected chi connectivity index (χ4v) is 10.5. The van der Waals surface area contributed by atoms with Crippen LogP contribution in [0.25, 0.3) is 0 Å². The van der Waals surface area contributed by atoms with E-state index in [1.807, 2.05) is 0 Å². The summed E-state index contributed by atoms with van der Waals surface area (Å²) in [5, 5.41) is 0. The van der Waals surface area contributed by atoms with Crippen molar-refractivity contribution in [1.82, 2.24) is 0 Å². The van der Waals surface area contributed by atoms with Gasteiger partial charge in [0.2, 0.25) is 0 Å². The van der Waals surface area contributed by atoms with Gasteiger partial charge in [-0.05, 0) is 144 Å². The maximum atomic E-state index is 5.59. The zero-order valence-corrected chi connectivity index (χ0v) is 25.8. The zero-order chi connectivity index (χ0) is 29.7. The second kappa shape index (κ2) is 9.53. The molecule has 0 spiro atoms. The Bertz CT molecular complexity index is 1920. The lowest BCUT2D eigenvalue weighted by Gasteiger charge is -2.57. The van der Waals surface area contributed by atoms with Gasteiger partial charge in [-0.1, -0.05) is 54.6 Å². The van der Waals surface area contributed by atoms with Crippen molar-refractivity contribution in [3.05, 3.63) is 121 Å². The van der Waals surface area contributed by atoms with E-state index in [0.29, 0.717) is 0 Å². The van der Waals surface area contributed by atoms with Gasteiger partial charge >= 0.3 is 0 Å². The molecule has 3 nitrogen and oxygen atoms in total. The van der Waals surface area contributed by atoms with Crippen molar-refractivity contribution in [2.45, 2.75) is 43.9 Å². The highest BCUT2D eigenvalue weighted by Crippen LogP contribution is 2.61. The molecule has 0 radical (unpaired) electrons. The highest BCUT2D eigenvalue weighted by Gasteiger charge is 2.53. The van der Waals surface area contributed by atoms with Crippen molar-refractivity contribution in [3.63, 3.8) is 0 Å². The molecule has 5 aromatic carbocycles. The molecule has 0 unspecified atom stereocenters. The Morgan fingerprint density at radius 3 is 1.60 bits per heavy atom. The van der Waals surface area contributed by atoms with Gasteiger partial charge in [-0.15, -0.1) is 0 Å². The molecule has 0 saturated heterocycles. The Morgan fingerprint density at radius 2 is 1.07 bits per heavy atom. The molecule has 0 N–H and O–H groups in total. The number of nitrogens with zero attached hydrogens (tertiary/aromatic N) is 2. The average molecular weight is 585 g/mol. The third-order valence-electron chi connectivity index (χ3n) is 11.9. The molecule has 45 heavy (non-hydrogen) atoms. The summed E-state index contributed by atoms with van der Waals surface area (Å²) in [5.41, 5.74) is 13.7. The summed E-state index contributed by atoms with van der Waals surface area (Å²) in [4.78, 5) is 5.11. The Hall–Kier alpha value is -4.44. The first-order valence-electron chi connectivity index (χ1n) is 16.8. The molecule has 4 fully saturated rings. The lowest BCUT2D eigenvalue weighted by atomic mass is 9.33. The molecule has 4 aliphatic carbocycles. The summed E-state index contributed by atoms with van der Waals surface area (Å²) in [7, 11) is 1.75. The number of para-hydroxylation sites is 3. The maximum Gasteiger partial charge on any atom is 0.252 e. The van der Waals surface area contributed by atoms with E-state index in [4.69, 9.17) is 4.74 Å². The Labute approximate surface area is 266 Å². The lowest BCUT2D eigenvalue weighted by Crippen LogP contribution is -2.61. The van der Waals surface area contributed by atoms with E-state index in [2.05, 4.69) is 125 Å². The van der Waals surface area contributed by atoms with Gasteiger partial charge in [-0.2, -0.15) is 0 Å². The quantitative estimate of drug-likeness (QED) is 0.194. The molecule has 0 amide bonds. The van der Waals surface area contributed by atoms with Crippen LogP contribution < -0.4 is 30.9 Å². The van der Waals surface area contributed by atoms with E-state index in [1.165, 1.54) is 89.0 Å². The zero-order valence-electron chi connectivity index (χ0n) is 25.8. The summed E-state index contributed by atoms with van der Waals surface area (Å²) in [6.45, 7) is 0.169. The van der Waals surface area contributed by atoms with E-state index in [-0.39, 0.29) is 12.1 Å². The minimum atomic E-state index is 0.169. The number of benzene rings is 5. The van der Waals surface area contributed by atoms with E-state index in [9.17, 15) is 0 Å². The molecular weight excluding hydrogens is 547 g/mol. The summed E-state index contributed by atoms with van der Waals surface area (Å²) < 4.78 is 5.59. The van der Waals surface area contributed by atoms with Crippen molar-refractivity contribution in [1.29, 1.82) is 0 Å². The van der Waals surface area contributed by atoms with E-state index >= 15 is 0 Å². The molecule has 0 atom stereocenters. The summed E-state index contributed by atoms with van der Waals surface area (Å²) >= 11 is 0. The topological polar surface area (TPSA) is 15.7 Å². The minimum Gasteiger partial charge on any atom is -0.497 e. The Balaban J connectivity index is 1.29. The molecule has 4 saturated carbocycles. The normalized spacial score (nSPS) is 25.1. The number of hydrogen-bond donors (Lipinski definition) is 0. The first-order chi connectivity index (χ1) is 22.2. The Kier molecular flexibility index (Phi) is 5.48. The van der Waals surface area contributed by atoms with Gasteiger partial charge in [0.05, 0.1) is 7.11 Å². The number of fused-ring (bicyclic) bond motifs is 4. The number of rotatable bonds is 4. The van der Waals surface area contributed by atoms with Crippen LogP contribution in [0.2, 0.25) is 0 Å². The van der Waals surface area contributed by atoms with E-state index in [1.54, 1.807) is 12.7 Å². The first kappa shape index (κ1) is 25.8. The van der Waals surface area contributed by atoms with Crippen LogP contribution in [-0.4, -0.2) is 13.8 Å². The van der Waals surface area contributed by atoms with Crippen molar-refractivity contribution >= 4 is 57.2 Å². The lowest BCUT2D eigenvalue weighted by molar-refractivity contribution is -0.00514. The van der Waals surface area contributed by atoms with E-state index < -0.39 is 0 Å². The predicted octanol–water partition coefficient (Wildman–Crippen LogP) is 8.25. The van der Waals surface area contributed by atoms with Crippen LogP contribution in [0.3, 0.4) is 0 Å². The average Bonchev–Trinajstić information content (AvgIpc) is 3.08. The van der Waals surface area contributed by atoms with Gasteiger partial charge in [0, 0.05) is 34.1 Å². The van der Waals surface area contributed by atoms with Crippen LogP contribution in [0.4, 0.5) is 34.1 Å². The van der Waals surface area contributed by atoms with Gasteiger partial charge < -0.3 is 14.5 Å². The SMILES string of the molecule is COc1ccc(N2c3ccccc3B3c4ccccc4N(c4ccccc4)c4cc(C56CC7CC(CC(C7)C5)C6)cc2c43)cc1. The second-order valence-corrected chi connectivity index (χ2v) is 14.4. The van der Waals surface area contributed by atoms with Crippen LogP contribution in [0.5, 0.6) is 5.75 Å². The molecule has 11 rings (SSSR count). The standard InChI is InChI=1S/C41H37BN2O/c1-45-33-17-15-32(16-18-33)44-37-14-8-6-12-35(37)42-34-11-5-7-13-36(34)43(31-9-3-2-4-10-31)38-22-30(23-39(44)40(38)42)41-24-27-19-28(25-41)21-29(20-27)26-41/h2-18,22-23,27-29H,19-21,24-26H2,1H3. The molecule has 4 bridgehead atoms. The van der Waals surface area contributed by atoms with E-state index in [0.717, 1.165) is 23.5 Å². The third-order valence-corrected chi connectivity index (χ3v) is 11.9. The molecule has 2 aliphatic heterocycles. The Morgan fingerprint density at radius 1 is 0.578 bits per heavy atom.